The first kappa shape index (κ1) is 49.4. The number of fused-ring (bicyclic) bond motifs is 3. The molecule has 8 rings (SSSR count). The van der Waals surface area contributed by atoms with E-state index in [4.69, 9.17) is 52.1 Å². The lowest BCUT2D eigenvalue weighted by Gasteiger charge is -2.44. The Morgan fingerprint density at radius 1 is 0.909 bits per heavy atom. The summed E-state index contributed by atoms with van der Waals surface area (Å²) < 4.78 is 100. The Kier molecular flexibility index (Phi) is 16.5. The highest BCUT2D eigenvalue weighted by molar-refractivity contribution is 6.35. The SMILES string of the molecule is O=C(COC(=O)c1cccc(NC(C(=O)O[C@H]2CN3CCC2CC3)c2ccc(F)cc2)c1)O[C@@H](Cc1c(Cl)c[n+]([O-])cc1Cl)c1ccc(OC(F)F)c(OCC2CC2)c1.O=C(O)C(F)(F)F. The molecule has 14 nitrogen and oxygen atoms in total. The third kappa shape index (κ3) is 14.0. The molecule has 354 valence electrons. The van der Waals surface area contributed by atoms with Gasteiger partial charge in [0.2, 0.25) is 0 Å². The van der Waals surface area contributed by atoms with E-state index in [1.54, 1.807) is 12.1 Å². The van der Waals surface area contributed by atoms with Crippen LogP contribution in [0.3, 0.4) is 0 Å². The van der Waals surface area contributed by atoms with Gasteiger partial charge in [0.05, 0.1) is 12.2 Å². The van der Waals surface area contributed by atoms with Crippen LogP contribution in [0.25, 0.3) is 0 Å². The molecule has 4 aliphatic rings. The standard InChI is InChI=1S/C42H40Cl2F3N3O9.C2HF3O2/c43-32-19-50(54)20-33(44)31(32)18-35(27-8-11-34(59-42(46)47)36(17-27)55-22-24-4-5-24)57-38(51)23-56-40(52)28-2-1-3-30(16-28)48-39(26-6-9-29(45)10-7-26)41(53)58-37-21-49-14-12-25(37)13-15-49;3-2(4,5)1(6)7/h1-3,6-11,16-17,19-20,24-25,35,37,39,42,48H,4-5,12-15,18,21-23H2;(H,6,7)/t35-,37-,39?;/m0./s1. The maximum atomic E-state index is 13.9. The number of rotatable bonds is 17. The molecule has 3 aliphatic heterocycles. The molecule has 0 amide bonds. The lowest BCUT2D eigenvalue weighted by Crippen LogP contribution is -2.52. The Morgan fingerprint density at radius 3 is 2.15 bits per heavy atom. The van der Waals surface area contributed by atoms with Gasteiger partial charge in [-0.25, -0.2) is 23.6 Å². The summed E-state index contributed by atoms with van der Waals surface area (Å²) >= 11 is 12.7. The number of carbonyl (C=O) groups is 4. The molecule has 4 fully saturated rings. The molecular formula is C44H41Cl2F6N3O11. The number of carbonyl (C=O) groups excluding carboxylic acids is 3. The fraction of sp³-hybridized carbons (Fsp3) is 0.386. The Bertz CT molecular complexity index is 2340. The van der Waals surface area contributed by atoms with Crippen LogP contribution < -0.4 is 19.5 Å². The maximum absolute atomic E-state index is 13.9. The molecule has 1 saturated carbocycles. The van der Waals surface area contributed by atoms with E-state index in [0.29, 0.717) is 22.5 Å². The molecule has 0 radical (unpaired) electrons. The minimum Gasteiger partial charge on any atom is -0.619 e. The van der Waals surface area contributed by atoms with Crippen molar-refractivity contribution in [3.05, 3.63) is 122 Å². The van der Waals surface area contributed by atoms with Crippen molar-refractivity contribution in [2.24, 2.45) is 11.8 Å². The molecule has 2 bridgehead atoms. The molecule has 22 heteroatoms. The number of hydrogen-bond acceptors (Lipinski definition) is 12. The summed E-state index contributed by atoms with van der Waals surface area (Å²) in [6.45, 7) is -1.14. The number of anilines is 1. The first-order chi connectivity index (χ1) is 31.3. The highest BCUT2D eigenvalue weighted by atomic mass is 35.5. The zero-order chi connectivity index (χ0) is 47.7. The van der Waals surface area contributed by atoms with Crippen molar-refractivity contribution in [2.75, 3.05) is 38.2 Å². The van der Waals surface area contributed by atoms with E-state index in [2.05, 4.69) is 15.0 Å². The third-order valence-corrected chi connectivity index (χ3v) is 11.4. The van der Waals surface area contributed by atoms with Crippen molar-refractivity contribution in [1.82, 2.24) is 4.90 Å². The number of piperidine rings is 3. The first-order valence-corrected chi connectivity index (χ1v) is 21.1. The van der Waals surface area contributed by atoms with Crippen molar-refractivity contribution >= 4 is 52.8 Å². The Balaban J connectivity index is 0.000000952. The number of carboxylic acids is 1. The highest BCUT2D eigenvalue weighted by Gasteiger charge is 2.39. The summed E-state index contributed by atoms with van der Waals surface area (Å²) in [5.41, 5.74) is 1.36. The summed E-state index contributed by atoms with van der Waals surface area (Å²) in [7, 11) is 0. The topological polar surface area (TPSA) is 177 Å². The molecule has 4 heterocycles. The first-order valence-electron chi connectivity index (χ1n) is 20.3. The Morgan fingerprint density at radius 2 is 1.56 bits per heavy atom. The maximum Gasteiger partial charge on any atom is 0.490 e. The molecule has 1 aromatic heterocycles. The number of aliphatic carboxylic acids is 1. The number of aromatic nitrogens is 1. The largest absolute Gasteiger partial charge is 0.619 e. The number of carboxylic acid groups (broad SMARTS) is 1. The van der Waals surface area contributed by atoms with Crippen molar-refractivity contribution in [3.63, 3.8) is 0 Å². The number of benzene rings is 3. The van der Waals surface area contributed by atoms with Crippen molar-refractivity contribution < 1.29 is 79.0 Å². The summed E-state index contributed by atoms with van der Waals surface area (Å²) in [5, 5.41) is 22.1. The molecule has 3 atom stereocenters. The van der Waals surface area contributed by atoms with Crippen LogP contribution in [-0.2, 0) is 35.0 Å². The Hall–Kier alpha value is -5.99. The van der Waals surface area contributed by atoms with Gasteiger partial charge in [-0.15, -0.1) is 0 Å². The molecule has 3 saturated heterocycles. The number of alkyl halides is 5. The second kappa shape index (κ2) is 22.0. The van der Waals surface area contributed by atoms with Gasteiger partial charge in [-0.2, -0.15) is 26.7 Å². The lowest BCUT2D eigenvalue weighted by molar-refractivity contribution is -0.605. The van der Waals surface area contributed by atoms with E-state index in [9.17, 15) is 45.9 Å². The lowest BCUT2D eigenvalue weighted by atomic mass is 9.86. The van der Waals surface area contributed by atoms with Crippen LogP contribution in [0.5, 0.6) is 11.5 Å². The zero-order valence-corrected chi connectivity index (χ0v) is 36.0. The van der Waals surface area contributed by atoms with Gasteiger partial charge in [0.25, 0.3) is 0 Å². The quantitative estimate of drug-likeness (QED) is 0.0340. The zero-order valence-electron chi connectivity index (χ0n) is 34.5. The van der Waals surface area contributed by atoms with Crippen LogP contribution in [-0.4, -0.2) is 85.6 Å². The monoisotopic (exact) mass is 971 g/mol. The van der Waals surface area contributed by atoms with Gasteiger partial charge < -0.3 is 39.3 Å². The van der Waals surface area contributed by atoms with E-state index in [1.807, 2.05) is 0 Å². The van der Waals surface area contributed by atoms with Gasteiger partial charge in [-0.05, 0) is 104 Å². The molecule has 3 aromatic carbocycles. The molecule has 1 unspecified atom stereocenters. The van der Waals surface area contributed by atoms with Crippen LogP contribution in [0.4, 0.5) is 32.0 Å². The second-order valence-electron chi connectivity index (χ2n) is 15.5. The van der Waals surface area contributed by atoms with Crippen LogP contribution in [0.2, 0.25) is 10.0 Å². The number of pyridine rings is 1. The van der Waals surface area contributed by atoms with Gasteiger partial charge >= 0.3 is 36.7 Å². The summed E-state index contributed by atoms with van der Waals surface area (Å²) in [6, 6.07) is 14.5. The smallest absolute Gasteiger partial charge is 0.490 e. The highest BCUT2D eigenvalue weighted by Crippen LogP contribution is 2.38. The van der Waals surface area contributed by atoms with Gasteiger partial charge in [0, 0.05) is 24.2 Å². The van der Waals surface area contributed by atoms with Crippen LogP contribution in [0, 0.1) is 22.9 Å². The number of esters is 3. The number of nitrogens with zero attached hydrogens (tertiary/aromatic N) is 2. The van der Waals surface area contributed by atoms with Crippen LogP contribution in [0.1, 0.15) is 64.9 Å². The second-order valence-corrected chi connectivity index (χ2v) is 16.3. The van der Waals surface area contributed by atoms with Gasteiger partial charge in [0.15, 0.2) is 36.5 Å². The van der Waals surface area contributed by atoms with Crippen molar-refractivity contribution in [1.29, 1.82) is 0 Å². The van der Waals surface area contributed by atoms with E-state index >= 15 is 0 Å². The van der Waals surface area contributed by atoms with Gasteiger partial charge in [0.1, 0.15) is 28.1 Å². The number of hydrogen-bond donors (Lipinski definition) is 2. The van der Waals surface area contributed by atoms with Gasteiger partial charge in [-0.1, -0.05) is 47.5 Å². The van der Waals surface area contributed by atoms with E-state index < -0.39 is 61.2 Å². The summed E-state index contributed by atoms with van der Waals surface area (Å²) in [6.07, 6.45) is -0.834. The van der Waals surface area contributed by atoms with Crippen molar-refractivity contribution in [3.8, 4) is 11.5 Å². The predicted octanol–water partition coefficient (Wildman–Crippen LogP) is 8.26. The van der Waals surface area contributed by atoms with E-state index in [0.717, 1.165) is 51.2 Å². The molecule has 2 N–H and O–H groups in total. The average molecular weight is 973 g/mol. The molecular weight excluding hydrogens is 931 g/mol. The van der Waals surface area contributed by atoms with Crippen LogP contribution >= 0.6 is 23.2 Å². The number of ether oxygens (including phenoxy) is 5. The minimum absolute atomic E-state index is 0.00718. The third-order valence-electron chi connectivity index (χ3n) is 10.7. The molecule has 0 spiro atoms. The fourth-order valence-electron chi connectivity index (χ4n) is 7.16. The minimum atomic E-state index is -5.08. The predicted molar refractivity (Wildman–Crippen MR) is 221 cm³/mol. The fourth-order valence-corrected chi connectivity index (χ4v) is 7.76. The van der Waals surface area contributed by atoms with Crippen LogP contribution in [0.15, 0.2) is 79.1 Å². The average Bonchev–Trinajstić information content (AvgIpc) is 4.10. The molecule has 66 heavy (non-hydrogen) atoms. The van der Waals surface area contributed by atoms with Crippen molar-refractivity contribution in [2.45, 2.75) is 63.1 Å². The summed E-state index contributed by atoms with van der Waals surface area (Å²) in [5.74, 6) is -5.37. The molecule has 4 aromatic rings. The normalized spacial score (nSPS) is 18.5. The number of nitrogens with one attached hydrogen (secondary N) is 1. The van der Waals surface area contributed by atoms with Gasteiger partial charge in [-0.3, -0.25) is 4.90 Å². The number of halogens is 8. The summed E-state index contributed by atoms with van der Waals surface area (Å²) in [4.78, 5) is 51.4. The van der Waals surface area contributed by atoms with E-state index in [1.165, 1.54) is 54.6 Å². The van der Waals surface area contributed by atoms with E-state index in [-0.39, 0.29) is 69.2 Å². The molecule has 1 aliphatic carbocycles. The Labute approximate surface area is 382 Å².